The second-order valence-corrected chi connectivity index (χ2v) is 6.84. The summed E-state index contributed by atoms with van der Waals surface area (Å²) in [6.07, 6.45) is 11.7. The van der Waals surface area contributed by atoms with Gasteiger partial charge in [-0.3, -0.25) is 4.90 Å². The third-order valence-electron chi connectivity index (χ3n) is 5.49. The summed E-state index contributed by atoms with van der Waals surface area (Å²) in [4.78, 5) is 7.43. The van der Waals surface area contributed by atoms with E-state index in [0.717, 1.165) is 17.7 Å². The summed E-state index contributed by atoms with van der Waals surface area (Å²) >= 11 is 0. The number of rotatable bonds is 3. The van der Waals surface area contributed by atoms with E-state index in [0.29, 0.717) is 12.1 Å². The van der Waals surface area contributed by atoms with Crippen LogP contribution >= 0.6 is 0 Å². The Hall–Kier alpha value is -1.03. The molecule has 1 saturated carbocycles. The number of aromatic nitrogens is 2. The molecule has 0 aromatic carbocycles. The van der Waals surface area contributed by atoms with Gasteiger partial charge < -0.3 is 9.88 Å². The molecule has 4 nitrogen and oxygen atoms in total. The Morgan fingerprint density at radius 1 is 1.10 bits per heavy atom. The van der Waals surface area contributed by atoms with Crippen molar-refractivity contribution in [2.45, 2.75) is 70.0 Å². The Morgan fingerprint density at radius 3 is 2.80 bits per heavy atom. The minimum atomic E-state index is 0.611. The van der Waals surface area contributed by atoms with Gasteiger partial charge in [-0.05, 0) is 45.6 Å². The van der Waals surface area contributed by atoms with Crippen LogP contribution in [0, 0.1) is 6.92 Å². The van der Waals surface area contributed by atoms with Crippen LogP contribution < -0.4 is 5.32 Å². The molecule has 0 spiro atoms. The van der Waals surface area contributed by atoms with E-state index >= 15 is 0 Å². The minimum Gasteiger partial charge on any atom is -0.351 e. The Morgan fingerprint density at radius 2 is 1.95 bits per heavy atom. The largest absolute Gasteiger partial charge is 0.351 e. The van der Waals surface area contributed by atoms with Gasteiger partial charge in [0.1, 0.15) is 0 Å². The second-order valence-electron chi connectivity index (χ2n) is 6.84. The monoisotopic (exact) mass is 274 g/mol. The molecule has 110 valence electrons. The Labute approximate surface area is 121 Å². The molecule has 20 heavy (non-hydrogen) atoms. The topological polar surface area (TPSA) is 33.1 Å². The van der Waals surface area contributed by atoms with Crippen LogP contribution in [0.3, 0.4) is 0 Å². The van der Waals surface area contributed by atoms with E-state index < -0.39 is 0 Å². The normalized spacial score (nSPS) is 31.1. The van der Waals surface area contributed by atoms with Crippen molar-refractivity contribution in [2.24, 2.45) is 0 Å². The summed E-state index contributed by atoms with van der Waals surface area (Å²) in [6, 6.07) is 2.04. The van der Waals surface area contributed by atoms with Gasteiger partial charge in [-0.1, -0.05) is 12.8 Å². The molecule has 2 unspecified atom stereocenters. The predicted molar refractivity (Wildman–Crippen MR) is 81.1 cm³/mol. The van der Waals surface area contributed by atoms with Gasteiger partial charge >= 0.3 is 0 Å². The van der Waals surface area contributed by atoms with E-state index in [4.69, 9.17) is 4.98 Å². The summed E-state index contributed by atoms with van der Waals surface area (Å²) in [5.74, 6) is 1.13. The second kappa shape index (κ2) is 5.06. The van der Waals surface area contributed by atoms with E-state index in [-0.39, 0.29) is 0 Å². The highest BCUT2D eigenvalue weighted by Crippen LogP contribution is 2.34. The molecule has 3 fully saturated rings. The van der Waals surface area contributed by atoms with Gasteiger partial charge in [0.15, 0.2) is 0 Å². The van der Waals surface area contributed by atoms with E-state index in [9.17, 15) is 0 Å². The molecule has 4 rings (SSSR count). The van der Waals surface area contributed by atoms with Crippen molar-refractivity contribution in [3.63, 3.8) is 0 Å². The number of imidazole rings is 1. The van der Waals surface area contributed by atoms with Crippen LogP contribution in [0.15, 0.2) is 6.20 Å². The first-order chi connectivity index (χ1) is 9.81. The Kier molecular flexibility index (Phi) is 3.21. The average molecular weight is 274 g/mol. The standard InChI is InChI=1S/C16H26N4/c1-12-11-20(13-5-2-3-6-13)16(17-12)18-14-8-10-19-9-4-7-15(14)19/h11,13-15H,2-10H2,1H3,(H,17,18). The van der Waals surface area contributed by atoms with Crippen molar-refractivity contribution in [1.82, 2.24) is 14.5 Å². The van der Waals surface area contributed by atoms with Gasteiger partial charge in [0.25, 0.3) is 0 Å². The van der Waals surface area contributed by atoms with Gasteiger partial charge in [0.05, 0.1) is 5.69 Å². The number of hydrogen-bond acceptors (Lipinski definition) is 3. The van der Waals surface area contributed by atoms with Crippen molar-refractivity contribution in [1.29, 1.82) is 0 Å². The van der Waals surface area contributed by atoms with E-state index in [2.05, 4.69) is 27.9 Å². The molecule has 0 bridgehead atoms. The molecule has 1 aliphatic carbocycles. The third-order valence-corrected chi connectivity index (χ3v) is 5.49. The zero-order valence-electron chi connectivity index (χ0n) is 12.5. The molecule has 0 amide bonds. The summed E-state index contributed by atoms with van der Waals surface area (Å²) in [6.45, 7) is 4.69. The molecule has 1 N–H and O–H groups in total. The maximum absolute atomic E-state index is 4.77. The highest BCUT2D eigenvalue weighted by atomic mass is 15.3. The Balaban J connectivity index is 1.53. The number of nitrogens with one attached hydrogen (secondary N) is 1. The molecule has 2 aliphatic heterocycles. The fourth-order valence-electron chi connectivity index (χ4n) is 4.50. The highest BCUT2D eigenvalue weighted by molar-refractivity contribution is 5.33. The first-order valence-electron chi connectivity index (χ1n) is 8.37. The molecule has 2 saturated heterocycles. The van der Waals surface area contributed by atoms with Gasteiger partial charge in [-0.15, -0.1) is 0 Å². The SMILES string of the molecule is Cc1cn(C2CCCC2)c(NC2CCN3CCCC23)n1. The van der Waals surface area contributed by atoms with E-state index in [1.54, 1.807) is 0 Å². The van der Waals surface area contributed by atoms with Crippen molar-refractivity contribution in [2.75, 3.05) is 18.4 Å². The van der Waals surface area contributed by atoms with Crippen molar-refractivity contribution < 1.29 is 0 Å². The van der Waals surface area contributed by atoms with Crippen molar-refractivity contribution in [3.05, 3.63) is 11.9 Å². The molecule has 1 aromatic heterocycles. The fourth-order valence-corrected chi connectivity index (χ4v) is 4.50. The number of hydrogen-bond donors (Lipinski definition) is 1. The molecule has 4 heteroatoms. The predicted octanol–water partition coefficient (Wildman–Crippen LogP) is 2.96. The number of fused-ring (bicyclic) bond motifs is 1. The van der Waals surface area contributed by atoms with Crippen molar-refractivity contribution in [3.8, 4) is 0 Å². The van der Waals surface area contributed by atoms with Gasteiger partial charge in [-0.2, -0.15) is 0 Å². The molecule has 0 radical (unpaired) electrons. The van der Waals surface area contributed by atoms with Crippen molar-refractivity contribution >= 4 is 5.95 Å². The van der Waals surface area contributed by atoms with Crippen LogP contribution in [0.25, 0.3) is 0 Å². The lowest BCUT2D eigenvalue weighted by Crippen LogP contribution is -2.34. The Bertz CT molecular complexity index is 475. The molecule has 3 heterocycles. The first-order valence-corrected chi connectivity index (χ1v) is 8.37. The number of aryl methyl sites for hydroxylation is 1. The first kappa shape index (κ1) is 12.7. The van der Waals surface area contributed by atoms with E-state index in [1.165, 1.54) is 58.0 Å². The molecular weight excluding hydrogens is 248 g/mol. The third kappa shape index (κ3) is 2.14. The molecule has 3 aliphatic rings. The minimum absolute atomic E-state index is 0.611. The van der Waals surface area contributed by atoms with Crippen LogP contribution in [0.1, 0.15) is 56.7 Å². The number of nitrogens with zero attached hydrogens (tertiary/aromatic N) is 3. The maximum Gasteiger partial charge on any atom is 0.203 e. The smallest absolute Gasteiger partial charge is 0.203 e. The fraction of sp³-hybridized carbons (Fsp3) is 0.812. The van der Waals surface area contributed by atoms with Gasteiger partial charge in [0, 0.05) is 30.9 Å². The van der Waals surface area contributed by atoms with Gasteiger partial charge in [-0.25, -0.2) is 4.98 Å². The average Bonchev–Trinajstić information content (AvgIpc) is 3.16. The lowest BCUT2D eigenvalue weighted by molar-refractivity contribution is 0.317. The maximum atomic E-state index is 4.77. The summed E-state index contributed by atoms with van der Waals surface area (Å²) in [5.41, 5.74) is 1.15. The van der Waals surface area contributed by atoms with Crippen LogP contribution in [0.5, 0.6) is 0 Å². The van der Waals surface area contributed by atoms with E-state index in [1.807, 2.05) is 0 Å². The molecule has 2 atom stereocenters. The van der Waals surface area contributed by atoms with Crippen LogP contribution in [-0.4, -0.2) is 39.6 Å². The number of anilines is 1. The van der Waals surface area contributed by atoms with Gasteiger partial charge in [0.2, 0.25) is 5.95 Å². The lowest BCUT2D eigenvalue weighted by Gasteiger charge is -2.23. The highest BCUT2D eigenvalue weighted by Gasteiger charge is 2.37. The van der Waals surface area contributed by atoms with Crippen LogP contribution in [0.2, 0.25) is 0 Å². The summed E-state index contributed by atoms with van der Waals surface area (Å²) < 4.78 is 2.43. The summed E-state index contributed by atoms with van der Waals surface area (Å²) in [7, 11) is 0. The zero-order valence-corrected chi connectivity index (χ0v) is 12.5. The molecular formula is C16H26N4. The quantitative estimate of drug-likeness (QED) is 0.920. The van der Waals surface area contributed by atoms with Crippen LogP contribution in [-0.2, 0) is 0 Å². The summed E-state index contributed by atoms with van der Waals surface area (Å²) in [5, 5.41) is 3.79. The van der Waals surface area contributed by atoms with Crippen LogP contribution in [0.4, 0.5) is 5.95 Å². The zero-order chi connectivity index (χ0) is 13.5. The molecule has 1 aromatic rings. The lowest BCUT2D eigenvalue weighted by atomic mass is 10.1.